The summed E-state index contributed by atoms with van der Waals surface area (Å²) < 4.78 is 23.9. The lowest BCUT2D eigenvalue weighted by Crippen LogP contribution is -2.31. The van der Waals surface area contributed by atoms with Crippen LogP contribution in [-0.4, -0.2) is 45.0 Å². The first-order valence-corrected chi connectivity index (χ1v) is 6.39. The molecule has 0 aromatic rings. The van der Waals surface area contributed by atoms with Gasteiger partial charge in [-0.15, -0.1) is 0 Å². The highest BCUT2D eigenvalue weighted by Crippen LogP contribution is 2.12. The zero-order valence-electron chi connectivity index (χ0n) is 10.1. The summed E-state index contributed by atoms with van der Waals surface area (Å²) >= 11 is 0. The third kappa shape index (κ3) is 5.13. The highest BCUT2D eigenvalue weighted by atomic mass is 32.2. The van der Waals surface area contributed by atoms with E-state index in [1.165, 1.54) is 18.4 Å². The van der Waals surface area contributed by atoms with Crippen LogP contribution in [-0.2, 0) is 10.0 Å². The predicted molar refractivity (Wildman–Crippen MR) is 63.4 cm³/mol. The zero-order chi connectivity index (χ0) is 12.3. The Hall–Kier alpha value is -0.620. The molecule has 5 nitrogen and oxygen atoms in total. The van der Waals surface area contributed by atoms with Gasteiger partial charge in [0.1, 0.15) is 0 Å². The molecule has 0 saturated heterocycles. The summed E-state index contributed by atoms with van der Waals surface area (Å²) in [5, 5.41) is 0. The molecule has 90 valence electrons. The van der Waals surface area contributed by atoms with Crippen molar-refractivity contribution in [1.29, 1.82) is 0 Å². The maximum Gasteiger partial charge on any atom is 0.215 e. The average molecular weight is 235 g/mol. The fraction of sp³-hybridized carbons (Fsp3) is 0.889. The molecule has 0 unspecified atom stereocenters. The average Bonchev–Trinajstić information content (AvgIpc) is 2.01. The minimum atomic E-state index is -3.17. The Balaban J connectivity index is 4.34. The topological polar surface area (TPSA) is 75.8 Å². The van der Waals surface area contributed by atoms with E-state index in [2.05, 4.69) is 4.99 Å². The van der Waals surface area contributed by atoms with Crippen molar-refractivity contribution in [1.82, 2.24) is 4.31 Å². The number of nitrogens with zero attached hydrogens (tertiary/aromatic N) is 2. The standard InChI is InChI=1S/C9H21N3O2S/c1-9(2,3)8(10)11-6-7-15(13,14)12(4)5/h6-7H2,1-5H3,(H2,10,11). The smallest absolute Gasteiger partial charge is 0.215 e. The molecular weight excluding hydrogens is 214 g/mol. The van der Waals surface area contributed by atoms with Crippen LogP contribution in [0.25, 0.3) is 0 Å². The van der Waals surface area contributed by atoms with E-state index in [0.717, 1.165) is 0 Å². The Morgan fingerprint density at radius 3 is 2.13 bits per heavy atom. The number of nitrogens with two attached hydrogens (primary N) is 1. The fourth-order valence-corrected chi connectivity index (χ4v) is 1.39. The molecule has 0 aromatic heterocycles. The molecule has 0 heterocycles. The van der Waals surface area contributed by atoms with Gasteiger partial charge in [-0.2, -0.15) is 0 Å². The second kappa shape index (κ2) is 4.94. The SMILES string of the molecule is CN(C)S(=O)(=O)CCN=C(N)C(C)(C)C. The van der Waals surface area contributed by atoms with Gasteiger partial charge >= 0.3 is 0 Å². The molecule has 0 saturated carbocycles. The molecule has 0 rings (SSSR count). The largest absolute Gasteiger partial charge is 0.387 e. The zero-order valence-corrected chi connectivity index (χ0v) is 10.9. The van der Waals surface area contributed by atoms with Crippen LogP contribution in [0.1, 0.15) is 20.8 Å². The van der Waals surface area contributed by atoms with Crippen LogP contribution in [0.3, 0.4) is 0 Å². The summed E-state index contributed by atoms with van der Waals surface area (Å²) in [5.41, 5.74) is 5.49. The summed E-state index contributed by atoms with van der Waals surface area (Å²) in [6, 6.07) is 0. The van der Waals surface area contributed by atoms with Crippen molar-refractivity contribution in [2.75, 3.05) is 26.4 Å². The van der Waals surface area contributed by atoms with Crippen LogP contribution in [0.15, 0.2) is 4.99 Å². The quantitative estimate of drug-likeness (QED) is 0.562. The molecule has 0 aliphatic heterocycles. The maximum atomic E-state index is 11.4. The number of hydrogen-bond donors (Lipinski definition) is 1. The van der Waals surface area contributed by atoms with Crippen molar-refractivity contribution in [2.24, 2.45) is 16.1 Å². The van der Waals surface area contributed by atoms with Crippen LogP contribution in [0, 0.1) is 5.41 Å². The van der Waals surface area contributed by atoms with Gasteiger partial charge in [-0.3, -0.25) is 4.99 Å². The van der Waals surface area contributed by atoms with Crippen molar-refractivity contribution < 1.29 is 8.42 Å². The van der Waals surface area contributed by atoms with Crippen LogP contribution in [0.2, 0.25) is 0 Å². The first kappa shape index (κ1) is 14.4. The van der Waals surface area contributed by atoms with Crippen LogP contribution in [0.4, 0.5) is 0 Å². The summed E-state index contributed by atoms with van der Waals surface area (Å²) in [7, 11) is -0.156. The van der Waals surface area contributed by atoms with Crippen LogP contribution >= 0.6 is 0 Å². The van der Waals surface area contributed by atoms with Gasteiger partial charge in [0.05, 0.1) is 18.1 Å². The molecule has 0 radical (unpaired) electrons. The third-order valence-corrected chi connectivity index (χ3v) is 3.77. The first-order chi connectivity index (χ1) is 6.57. The molecule has 0 aromatic carbocycles. The van der Waals surface area contributed by atoms with E-state index in [1.54, 1.807) is 0 Å². The Morgan fingerprint density at radius 2 is 1.80 bits per heavy atom. The van der Waals surface area contributed by atoms with E-state index >= 15 is 0 Å². The van der Waals surface area contributed by atoms with Gasteiger partial charge in [0.15, 0.2) is 0 Å². The number of rotatable bonds is 4. The number of aliphatic imine (C=N–C) groups is 1. The molecule has 15 heavy (non-hydrogen) atoms. The highest BCUT2D eigenvalue weighted by Gasteiger charge is 2.16. The summed E-state index contributed by atoms with van der Waals surface area (Å²) in [4.78, 5) is 4.05. The predicted octanol–water partition coefficient (Wildman–Crippen LogP) is 0.281. The first-order valence-electron chi connectivity index (χ1n) is 4.78. The molecule has 2 N–H and O–H groups in total. The number of sulfonamides is 1. The summed E-state index contributed by atoms with van der Waals surface area (Å²) in [5.74, 6) is 0.480. The molecule has 0 aliphatic rings. The van der Waals surface area contributed by atoms with Crippen molar-refractivity contribution in [3.63, 3.8) is 0 Å². The van der Waals surface area contributed by atoms with Crippen molar-refractivity contribution in [3.05, 3.63) is 0 Å². The lowest BCUT2D eigenvalue weighted by molar-refractivity contribution is 0.520. The highest BCUT2D eigenvalue weighted by molar-refractivity contribution is 7.89. The Labute approximate surface area is 92.4 Å². The van der Waals surface area contributed by atoms with E-state index in [9.17, 15) is 8.42 Å². The maximum absolute atomic E-state index is 11.4. The van der Waals surface area contributed by atoms with Crippen molar-refractivity contribution >= 4 is 15.9 Å². The Morgan fingerprint density at radius 1 is 1.33 bits per heavy atom. The van der Waals surface area contributed by atoms with Crippen molar-refractivity contribution in [2.45, 2.75) is 20.8 Å². The fourth-order valence-electron chi connectivity index (χ4n) is 0.701. The monoisotopic (exact) mass is 235 g/mol. The second-order valence-corrected chi connectivity index (χ2v) is 6.92. The minimum Gasteiger partial charge on any atom is -0.387 e. The van der Waals surface area contributed by atoms with E-state index < -0.39 is 10.0 Å². The van der Waals surface area contributed by atoms with Gasteiger partial charge < -0.3 is 5.73 Å². The van der Waals surface area contributed by atoms with Gasteiger partial charge in [-0.05, 0) is 0 Å². The van der Waals surface area contributed by atoms with Crippen molar-refractivity contribution in [3.8, 4) is 0 Å². The second-order valence-electron chi connectivity index (χ2n) is 4.62. The van der Waals surface area contributed by atoms with Gasteiger partial charge in [-0.1, -0.05) is 20.8 Å². The van der Waals surface area contributed by atoms with Gasteiger partial charge in [-0.25, -0.2) is 12.7 Å². The molecular formula is C9H21N3O2S. The Bertz CT molecular complexity index is 326. The normalized spacial score (nSPS) is 14.7. The van der Waals surface area contributed by atoms with E-state index in [4.69, 9.17) is 5.73 Å². The number of amidine groups is 1. The minimum absolute atomic E-state index is 0.00319. The molecule has 6 heteroatoms. The lowest BCUT2D eigenvalue weighted by Gasteiger charge is -2.17. The summed E-state index contributed by atoms with van der Waals surface area (Å²) in [6.07, 6.45) is 0. The molecule has 0 aliphatic carbocycles. The lowest BCUT2D eigenvalue weighted by atomic mass is 9.95. The molecule has 0 bridgehead atoms. The van der Waals surface area contributed by atoms with E-state index in [0.29, 0.717) is 5.84 Å². The molecule has 0 atom stereocenters. The summed E-state index contributed by atoms with van der Waals surface area (Å²) in [6.45, 7) is 6.02. The number of hydrogen-bond acceptors (Lipinski definition) is 3. The third-order valence-electron chi connectivity index (χ3n) is 1.96. The van der Waals surface area contributed by atoms with Crippen LogP contribution < -0.4 is 5.73 Å². The Kier molecular flexibility index (Phi) is 4.73. The van der Waals surface area contributed by atoms with Gasteiger partial charge in [0.25, 0.3) is 0 Å². The van der Waals surface area contributed by atoms with Crippen LogP contribution in [0.5, 0.6) is 0 Å². The molecule has 0 amide bonds. The van der Waals surface area contributed by atoms with Gasteiger partial charge in [0, 0.05) is 19.5 Å². The van der Waals surface area contributed by atoms with E-state index in [1.807, 2.05) is 20.8 Å². The molecule has 0 fully saturated rings. The van der Waals surface area contributed by atoms with E-state index in [-0.39, 0.29) is 17.7 Å². The molecule has 0 spiro atoms. The van der Waals surface area contributed by atoms with Gasteiger partial charge in [0.2, 0.25) is 10.0 Å².